The fraction of sp³-hybridized carbons (Fsp3) is 0.120. The number of benzene rings is 3. The van der Waals surface area contributed by atoms with Gasteiger partial charge in [0, 0.05) is 5.56 Å². The lowest BCUT2D eigenvalue weighted by atomic mass is 9.86. The molecule has 2 unspecified atom stereocenters. The van der Waals surface area contributed by atoms with Crippen molar-refractivity contribution >= 4 is 44.2 Å². The number of ether oxygens (including phenoxy) is 1. The van der Waals surface area contributed by atoms with Gasteiger partial charge in [-0.2, -0.15) is 0 Å². The highest BCUT2D eigenvalue weighted by molar-refractivity contribution is 7.22. The smallest absolute Gasteiger partial charge is 0.297 e. The summed E-state index contributed by atoms with van der Waals surface area (Å²) in [5.41, 5.74) is 1.44. The normalized spacial score (nSPS) is 18.2. The molecule has 0 radical (unpaired) electrons. The molecule has 1 amide bonds. The minimum absolute atomic E-state index is 0.243. The summed E-state index contributed by atoms with van der Waals surface area (Å²) < 4.78 is 19.4. The number of anilines is 1. The number of carbonyl (C=O) groups is 3. The molecule has 2 heterocycles. The van der Waals surface area contributed by atoms with Crippen LogP contribution in [-0.2, 0) is 9.59 Å². The van der Waals surface area contributed by atoms with Gasteiger partial charge in [0.2, 0.25) is 5.78 Å². The van der Waals surface area contributed by atoms with Crippen molar-refractivity contribution in [3.8, 4) is 5.75 Å². The van der Waals surface area contributed by atoms with E-state index in [1.807, 2.05) is 6.07 Å². The van der Waals surface area contributed by atoms with Crippen LogP contribution in [0.3, 0.4) is 0 Å². The largest absolute Gasteiger partial charge is 0.497 e. The van der Waals surface area contributed by atoms with Crippen molar-refractivity contribution in [2.45, 2.75) is 6.04 Å². The van der Waals surface area contributed by atoms with Gasteiger partial charge in [-0.05, 0) is 48.0 Å². The van der Waals surface area contributed by atoms with Crippen LogP contribution in [0.4, 0.5) is 9.52 Å². The van der Waals surface area contributed by atoms with E-state index in [2.05, 4.69) is 4.98 Å². The third-order valence-electron chi connectivity index (χ3n) is 5.65. The van der Waals surface area contributed by atoms with E-state index in [-0.39, 0.29) is 5.13 Å². The van der Waals surface area contributed by atoms with E-state index in [9.17, 15) is 18.8 Å². The number of halogens is 1. The van der Waals surface area contributed by atoms with Crippen molar-refractivity contribution < 1.29 is 23.5 Å². The number of Topliss-reactive ketones (excluding diaryl/α,β-unsaturated/α-hetero) is 2. The molecule has 1 aliphatic rings. The minimum Gasteiger partial charge on any atom is -0.497 e. The lowest BCUT2D eigenvalue weighted by Crippen LogP contribution is -2.30. The summed E-state index contributed by atoms with van der Waals surface area (Å²) in [7, 11) is 1.52. The first kappa shape index (κ1) is 21.0. The fourth-order valence-corrected chi connectivity index (χ4v) is 5.08. The number of rotatable bonds is 5. The molecule has 33 heavy (non-hydrogen) atoms. The second-order valence-corrected chi connectivity index (χ2v) is 8.58. The average molecular weight is 460 g/mol. The van der Waals surface area contributed by atoms with Gasteiger partial charge < -0.3 is 4.74 Å². The number of amides is 1. The van der Waals surface area contributed by atoms with Crippen LogP contribution >= 0.6 is 11.3 Å². The zero-order valence-corrected chi connectivity index (χ0v) is 18.2. The summed E-state index contributed by atoms with van der Waals surface area (Å²) in [4.78, 5) is 45.5. The highest BCUT2D eigenvalue weighted by Crippen LogP contribution is 2.43. The quantitative estimate of drug-likeness (QED) is 0.247. The number of fused-ring (bicyclic) bond motifs is 1. The zero-order valence-electron chi connectivity index (χ0n) is 17.4. The van der Waals surface area contributed by atoms with Gasteiger partial charge in [-0.3, -0.25) is 19.3 Å². The molecule has 164 valence electrons. The molecule has 0 spiro atoms. The summed E-state index contributed by atoms with van der Waals surface area (Å²) in [6.45, 7) is 0. The van der Waals surface area contributed by atoms with Crippen LogP contribution in [0.5, 0.6) is 5.75 Å². The van der Waals surface area contributed by atoms with E-state index in [1.54, 1.807) is 48.5 Å². The van der Waals surface area contributed by atoms with Crippen LogP contribution in [0.1, 0.15) is 22.0 Å². The lowest BCUT2D eigenvalue weighted by molar-refractivity contribution is -0.135. The Bertz CT molecular complexity index is 1380. The van der Waals surface area contributed by atoms with Crippen molar-refractivity contribution in [2.24, 2.45) is 5.92 Å². The fourth-order valence-electron chi connectivity index (χ4n) is 4.05. The number of hydrogen-bond donors (Lipinski definition) is 0. The Morgan fingerprint density at radius 2 is 1.76 bits per heavy atom. The number of hydrogen-bond acceptors (Lipinski definition) is 6. The van der Waals surface area contributed by atoms with Crippen molar-refractivity contribution in [1.82, 2.24) is 4.98 Å². The Balaban J connectivity index is 1.63. The van der Waals surface area contributed by atoms with Gasteiger partial charge in [-0.1, -0.05) is 41.7 Å². The number of ketones is 2. The molecule has 3 aromatic carbocycles. The van der Waals surface area contributed by atoms with Gasteiger partial charge in [0.1, 0.15) is 17.5 Å². The Morgan fingerprint density at radius 1 is 1.03 bits per heavy atom. The van der Waals surface area contributed by atoms with E-state index in [4.69, 9.17) is 4.74 Å². The maximum Gasteiger partial charge on any atom is 0.297 e. The van der Waals surface area contributed by atoms with Crippen LogP contribution in [0, 0.1) is 11.7 Å². The van der Waals surface area contributed by atoms with Gasteiger partial charge in [0.05, 0.1) is 23.4 Å². The van der Waals surface area contributed by atoms with Crippen molar-refractivity contribution in [3.63, 3.8) is 0 Å². The monoisotopic (exact) mass is 460 g/mol. The molecule has 0 bridgehead atoms. The van der Waals surface area contributed by atoms with Gasteiger partial charge in [-0.25, -0.2) is 9.37 Å². The van der Waals surface area contributed by atoms with E-state index in [0.29, 0.717) is 27.1 Å². The summed E-state index contributed by atoms with van der Waals surface area (Å²) in [5.74, 6) is -3.15. The molecular formula is C25H17FN2O4S. The topological polar surface area (TPSA) is 76.6 Å². The maximum absolute atomic E-state index is 13.7. The van der Waals surface area contributed by atoms with Crippen molar-refractivity contribution in [1.29, 1.82) is 0 Å². The van der Waals surface area contributed by atoms with Crippen LogP contribution in [0.25, 0.3) is 10.2 Å². The number of thiazole rings is 1. The van der Waals surface area contributed by atoms with Gasteiger partial charge >= 0.3 is 0 Å². The molecule has 0 saturated carbocycles. The summed E-state index contributed by atoms with van der Waals surface area (Å²) in [6, 6.07) is 18.6. The number of carbonyl (C=O) groups excluding carboxylic acids is 3. The maximum atomic E-state index is 13.7. The first-order valence-electron chi connectivity index (χ1n) is 10.1. The standard InChI is InChI=1S/C25H17FN2O4S/c1-32-17-10-7-15(8-11-17)22(29)20-21(14-5-3-2-4-6-14)28(24(31)23(20)30)25-27-18-12-9-16(26)13-19(18)33-25/h2-13,20-21H,1H3. The zero-order chi connectivity index (χ0) is 23.1. The van der Waals surface area contributed by atoms with E-state index in [0.717, 1.165) is 11.3 Å². The Labute approximate surface area is 192 Å². The molecule has 6 nitrogen and oxygen atoms in total. The summed E-state index contributed by atoms with van der Waals surface area (Å²) in [5, 5.41) is 0.243. The molecule has 1 fully saturated rings. The van der Waals surface area contributed by atoms with Crippen LogP contribution < -0.4 is 9.64 Å². The van der Waals surface area contributed by atoms with Crippen LogP contribution in [0.15, 0.2) is 72.8 Å². The van der Waals surface area contributed by atoms with Crippen LogP contribution in [0.2, 0.25) is 0 Å². The average Bonchev–Trinajstić information content (AvgIpc) is 3.37. The van der Waals surface area contributed by atoms with E-state index in [1.165, 1.54) is 30.2 Å². The van der Waals surface area contributed by atoms with Crippen molar-refractivity contribution in [2.75, 3.05) is 12.0 Å². The van der Waals surface area contributed by atoms with E-state index < -0.39 is 35.3 Å². The summed E-state index contributed by atoms with van der Waals surface area (Å²) >= 11 is 1.10. The Kier molecular flexibility index (Phi) is 5.22. The minimum atomic E-state index is -1.24. The molecule has 1 aliphatic heterocycles. The third-order valence-corrected chi connectivity index (χ3v) is 6.67. The lowest BCUT2D eigenvalue weighted by Gasteiger charge is -2.25. The molecule has 1 aromatic heterocycles. The Morgan fingerprint density at radius 3 is 2.45 bits per heavy atom. The number of nitrogens with zero attached hydrogens (tertiary/aromatic N) is 2. The predicted octanol–water partition coefficient (Wildman–Crippen LogP) is 4.60. The first-order valence-corrected chi connectivity index (χ1v) is 11.0. The van der Waals surface area contributed by atoms with E-state index >= 15 is 0 Å². The molecule has 8 heteroatoms. The highest BCUT2D eigenvalue weighted by atomic mass is 32.1. The van der Waals surface area contributed by atoms with Gasteiger partial charge in [0.15, 0.2) is 10.9 Å². The summed E-state index contributed by atoms with van der Waals surface area (Å²) in [6.07, 6.45) is 0. The molecule has 4 aromatic rings. The Hall–Kier alpha value is -3.91. The second-order valence-electron chi connectivity index (χ2n) is 7.57. The van der Waals surface area contributed by atoms with Crippen molar-refractivity contribution in [3.05, 3.63) is 89.7 Å². The molecule has 0 N–H and O–H groups in total. The molecule has 2 atom stereocenters. The molecule has 1 saturated heterocycles. The van der Waals surface area contributed by atoms with Crippen LogP contribution in [-0.4, -0.2) is 29.6 Å². The highest BCUT2D eigenvalue weighted by Gasteiger charge is 2.53. The molecule has 5 rings (SSSR count). The second kappa shape index (κ2) is 8.22. The predicted molar refractivity (Wildman–Crippen MR) is 122 cm³/mol. The van der Waals surface area contributed by atoms with Gasteiger partial charge in [-0.15, -0.1) is 0 Å². The number of aromatic nitrogens is 1. The number of methoxy groups -OCH3 is 1. The van der Waals surface area contributed by atoms with Gasteiger partial charge in [0.25, 0.3) is 5.91 Å². The SMILES string of the molecule is COc1ccc(C(=O)C2C(=O)C(=O)N(c3nc4ccc(F)cc4s3)C2c2ccccc2)cc1. The third kappa shape index (κ3) is 3.58. The molecule has 0 aliphatic carbocycles. The molecular weight excluding hydrogens is 443 g/mol. The first-order chi connectivity index (χ1) is 16.0.